The number of nitrogens with zero attached hydrogens (tertiary/aromatic N) is 5. The molecule has 3 rings (SSSR count). The van der Waals surface area contributed by atoms with E-state index in [1.165, 1.54) is 6.33 Å². The summed E-state index contributed by atoms with van der Waals surface area (Å²) in [6, 6.07) is 10.1. The Labute approximate surface area is 127 Å². The van der Waals surface area contributed by atoms with Crippen LogP contribution < -0.4 is 15.5 Å². The molecule has 8 nitrogen and oxygen atoms in total. The van der Waals surface area contributed by atoms with Gasteiger partial charge in [-0.25, -0.2) is 9.97 Å². The molecule has 114 valence electrons. The minimum atomic E-state index is -0.520. The molecule has 1 aromatic heterocycles. The van der Waals surface area contributed by atoms with Gasteiger partial charge in [-0.1, -0.05) is 18.2 Å². The molecule has 8 heteroatoms. The van der Waals surface area contributed by atoms with Crippen LogP contribution in [0.15, 0.2) is 36.7 Å². The summed E-state index contributed by atoms with van der Waals surface area (Å²) in [4.78, 5) is 22.6. The smallest absolute Gasteiger partial charge is 0.353 e. The van der Waals surface area contributed by atoms with Gasteiger partial charge in [0.25, 0.3) is 0 Å². The number of para-hydroxylation sites is 1. The van der Waals surface area contributed by atoms with Crippen molar-refractivity contribution in [2.45, 2.75) is 0 Å². The van der Waals surface area contributed by atoms with Gasteiger partial charge in [0.2, 0.25) is 11.6 Å². The lowest BCUT2D eigenvalue weighted by atomic mass is 10.2. The van der Waals surface area contributed by atoms with Gasteiger partial charge in [0.1, 0.15) is 6.33 Å². The molecule has 1 fully saturated rings. The maximum absolute atomic E-state index is 11.2. The Hall–Kier alpha value is -2.90. The topological polar surface area (TPSA) is 101 Å². The SMILES string of the molecule is Nc1ncnc(N2CCN(c3ccccc3)CC2)c1[N+](=O)[O-]. The maximum Gasteiger partial charge on any atom is 0.353 e. The fourth-order valence-electron chi connectivity index (χ4n) is 2.60. The molecule has 2 N–H and O–H groups in total. The number of rotatable bonds is 3. The van der Waals surface area contributed by atoms with E-state index in [9.17, 15) is 10.1 Å². The summed E-state index contributed by atoms with van der Waals surface area (Å²) in [6.07, 6.45) is 1.27. The normalized spacial score (nSPS) is 14.9. The Kier molecular flexibility index (Phi) is 3.73. The van der Waals surface area contributed by atoms with Crippen molar-refractivity contribution in [2.75, 3.05) is 41.7 Å². The van der Waals surface area contributed by atoms with Crippen molar-refractivity contribution in [3.05, 3.63) is 46.8 Å². The van der Waals surface area contributed by atoms with Crippen LogP contribution in [0.25, 0.3) is 0 Å². The van der Waals surface area contributed by atoms with E-state index in [4.69, 9.17) is 5.73 Å². The van der Waals surface area contributed by atoms with Crippen LogP contribution in [0.5, 0.6) is 0 Å². The number of aromatic nitrogens is 2. The number of nitrogens with two attached hydrogens (primary N) is 1. The molecule has 2 aromatic rings. The Morgan fingerprint density at radius 1 is 1.05 bits per heavy atom. The summed E-state index contributed by atoms with van der Waals surface area (Å²) >= 11 is 0. The number of hydrogen-bond acceptors (Lipinski definition) is 7. The molecule has 0 unspecified atom stereocenters. The highest BCUT2D eigenvalue weighted by atomic mass is 16.6. The number of nitro groups is 1. The van der Waals surface area contributed by atoms with Crippen LogP contribution >= 0.6 is 0 Å². The Bertz CT molecular complexity index is 670. The van der Waals surface area contributed by atoms with E-state index in [2.05, 4.69) is 27.0 Å². The summed E-state index contributed by atoms with van der Waals surface area (Å²) in [5.74, 6) is 0.200. The molecule has 1 aromatic carbocycles. The second kappa shape index (κ2) is 5.84. The average molecular weight is 300 g/mol. The van der Waals surface area contributed by atoms with E-state index in [0.717, 1.165) is 18.8 Å². The zero-order valence-electron chi connectivity index (χ0n) is 11.9. The molecule has 2 heterocycles. The predicted molar refractivity (Wildman–Crippen MR) is 84.0 cm³/mol. The summed E-state index contributed by atoms with van der Waals surface area (Å²) in [7, 11) is 0. The van der Waals surface area contributed by atoms with Crippen molar-refractivity contribution in [1.29, 1.82) is 0 Å². The average Bonchev–Trinajstić information content (AvgIpc) is 2.55. The van der Waals surface area contributed by atoms with E-state index in [-0.39, 0.29) is 11.5 Å². The number of nitrogen functional groups attached to an aromatic ring is 1. The highest BCUT2D eigenvalue weighted by Crippen LogP contribution is 2.30. The molecule has 22 heavy (non-hydrogen) atoms. The molecule has 1 aliphatic heterocycles. The molecule has 0 spiro atoms. The zero-order chi connectivity index (χ0) is 15.5. The lowest BCUT2D eigenvalue weighted by molar-refractivity contribution is -0.383. The van der Waals surface area contributed by atoms with Gasteiger partial charge >= 0.3 is 5.69 Å². The fourth-order valence-corrected chi connectivity index (χ4v) is 2.60. The largest absolute Gasteiger partial charge is 0.378 e. The summed E-state index contributed by atoms with van der Waals surface area (Å²) in [5, 5.41) is 11.2. The quantitative estimate of drug-likeness (QED) is 0.673. The minimum absolute atomic E-state index is 0.0968. The van der Waals surface area contributed by atoms with E-state index in [1.54, 1.807) is 0 Å². The number of anilines is 3. The second-order valence-corrected chi connectivity index (χ2v) is 5.00. The van der Waals surface area contributed by atoms with E-state index in [1.807, 2.05) is 23.1 Å². The molecule has 0 bridgehead atoms. The highest BCUT2D eigenvalue weighted by molar-refractivity contribution is 5.68. The standard InChI is InChI=1S/C14H16N6O2/c15-13-12(20(21)22)14(17-10-16-13)19-8-6-18(7-9-19)11-4-2-1-3-5-11/h1-5,10H,6-9H2,(H2,15,16,17). The van der Waals surface area contributed by atoms with Crippen molar-refractivity contribution in [1.82, 2.24) is 9.97 Å². The maximum atomic E-state index is 11.2. The summed E-state index contributed by atoms with van der Waals surface area (Å²) < 4.78 is 0. The Balaban J connectivity index is 1.77. The molecular weight excluding hydrogens is 284 g/mol. The molecule has 0 amide bonds. The van der Waals surface area contributed by atoms with Crippen LogP contribution in [-0.4, -0.2) is 41.1 Å². The van der Waals surface area contributed by atoms with Crippen LogP contribution in [0.1, 0.15) is 0 Å². The third kappa shape index (κ3) is 2.62. The lowest BCUT2D eigenvalue weighted by Crippen LogP contribution is -2.47. The van der Waals surface area contributed by atoms with Gasteiger partial charge in [-0.05, 0) is 12.1 Å². The van der Waals surface area contributed by atoms with Gasteiger partial charge in [0.05, 0.1) is 4.92 Å². The zero-order valence-corrected chi connectivity index (χ0v) is 11.9. The molecule has 0 saturated carbocycles. The lowest BCUT2D eigenvalue weighted by Gasteiger charge is -2.36. The van der Waals surface area contributed by atoms with Crippen molar-refractivity contribution in [3.63, 3.8) is 0 Å². The highest BCUT2D eigenvalue weighted by Gasteiger charge is 2.28. The number of hydrogen-bond donors (Lipinski definition) is 1. The van der Waals surface area contributed by atoms with Gasteiger partial charge < -0.3 is 15.5 Å². The van der Waals surface area contributed by atoms with E-state index in [0.29, 0.717) is 18.9 Å². The van der Waals surface area contributed by atoms with E-state index >= 15 is 0 Å². The predicted octanol–water partition coefficient (Wildman–Crippen LogP) is 1.29. The first-order chi connectivity index (χ1) is 10.7. The van der Waals surface area contributed by atoms with Gasteiger partial charge in [0, 0.05) is 31.9 Å². The van der Waals surface area contributed by atoms with Gasteiger partial charge in [0.15, 0.2) is 0 Å². The molecule has 0 radical (unpaired) electrons. The fraction of sp³-hybridized carbons (Fsp3) is 0.286. The molecule has 0 aliphatic carbocycles. The third-order valence-corrected chi connectivity index (χ3v) is 3.71. The molecule has 1 aliphatic rings. The van der Waals surface area contributed by atoms with Gasteiger partial charge in [-0.15, -0.1) is 0 Å². The monoisotopic (exact) mass is 300 g/mol. The van der Waals surface area contributed by atoms with Crippen molar-refractivity contribution in [3.8, 4) is 0 Å². The van der Waals surface area contributed by atoms with Crippen LogP contribution in [-0.2, 0) is 0 Å². The van der Waals surface area contributed by atoms with Crippen LogP contribution in [0.4, 0.5) is 23.0 Å². The van der Waals surface area contributed by atoms with Crippen molar-refractivity contribution >= 4 is 23.0 Å². The first kappa shape index (κ1) is 14.1. The van der Waals surface area contributed by atoms with Crippen LogP contribution in [0.3, 0.4) is 0 Å². The second-order valence-electron chi connectivity index (χ2n) is 5.00. The summed E-state index contributed by atoms with van der Waals surface area (Å²) in [5.41, 5.74) is 6.56. The van der Waals surface area contributed by atoms with Gasteiger partial charge in [-0.2, -0.15) is 0 Å². The minimum Gasteiger partial charge on any atom is -0.378 e. The third-order valence-electron chi connectivity index (χ3n) is 3.71. The number of piperazine rings is 1. The number of benzene rings is 1. The van der Waals surface area contributed by atoms with Crippen LogP contribution in [0, 0.1) is 10.1 Å². The first-order valence-electron chi connectivity index (χ1n) is 6.96. The van der Waals surface area contributed by atoms with E-state index < -0.39 is 4.92 Å². The molecular formula is C14H16N6O2. The Morgan fingerprint density at radius 2 is 1.68 bits per heavy atom. The summed E-state index contributed by atoms with van der Waals surface area (Å²) in [6.45, 7) is 2.83. The first-order valence-corrected chi connectivity index (χ1v) is 6.96. The molecule has 0 atom stereocenters. The van der Waals surface area contributed by atoms with Crippen molar-refractivity contribution in [2.24, 2.45) is 0 Å². The Morgan fingerprint density at radius 3 is 2.32 bits per heavy atom. The van der Waals surface area contributed by atoms with Crippen molar-refractivity contribution < 1.29 is 4.92 Å². The van der Waals surface area contributed by atoms with Crippen LogP contribution in [0.2, 0.25) is 0 Å². The molecule has 1 saturated heterocycles. The van der Waals surface area contributed by atoms with Gasteiger partial charge in [-0.3, -0.25) is 10.1 Å².